The molecule has 4 aromatic rings. The Labute approximate surface area is 175 Å². The Morgan fingerprint density at radius 3 is 2.48 bits per heavy atom. The van der Waals surface area contributed by atoms with Crippen LogP contribution in [0, 0.1) is 17.5 Å². The second-order valence-electron chi connectivity index (χ2n) is 6.70. The number of urea groups is 1. The lowest BCUT2D eigenvalue weighted by atomic mass is 10.2. The zero-order valence-electron chi connectivity index (χ0n) is 16.1. The second kappa shape index (κ2) is 8.78. The van der Waals surface area contributed by atoms with E-state index < -0.39 is 17.7 Å². The third-order valence-corrected chi connectivity index (χ3v) is 4.58. The Kier molecular flexibility index (Phi) is 5.74. The van der Waals surface area contributed by atoms with Crippen molar-refractivity contribution in [1.29, 1.82) is 0 Å². The summed E-state index contributed by atoms with van der Waals surface area (Å²) in [7, 11) is 0. The summed E-state index contributed by atoms with van der Waals surface area (Å²) in [6, 6.07) is 13.8. The Morgan fingerprint density at radius 2 is 1.74 bits per heavy atom. The lowest BCUT2D eigenvalue weighted by Gasteiger charge is -2.09. The summed E-state index contributed by atoms with van der Waals surface area (Å²) in [6.07, 6.45) is 0. The molecule has 4 rings (SSSR count). The Morgan fingerprint density at radius 1 is 1.00 bits per heavy atom. The number of carbonyl (C=O) groups excluding carboxylic acids is 1. The van der Waals surface area contributed by atoms with Gasteiger partial charge in [0, 0.05) is 11.9 Å². The van der Waals surface area contributed by atoms with E-state index in [2.05, 4.69) is 20.8 Å². The molecule has 9 heteroatoms. The maximum absolute atomic E-state index is 13.8. The largest absolute Gasteiger partial charge is 0.489 e. The fraction of sp³-hybridized carbons (Fsp3) is 0.0909. The van der Waals surface area contributed by atoms with Crippen LogP contribution in [0.3, 0.4) is 0 Å². The molecular formula is C22H17F3N4O2. The van der Waals surface area contributed by atoms with Gasteiger partial charge in [-0.2, -0.15) is 5.10 Å². The minimum atomic E-state index is -0.690. The average Bonchev–Trinajstić information content (AvgIpc) is 3.15. The Hall–Kier alpha value is -4.01. The number of H-pyrrole nitrogens is 1. The first-order valence-electron chi connectivity index (χ1n) is 9.33. The molecule has 0 aliphatic carbocycles. The van der Waals surface area contributed by atoms with Crippen LogP contribution >= 0.6 is 0 Å². The van der Waals surface area contributed by atoms with E-state index in [0.717, 1.165) is 17.7 Å². The van der Waals surface area contributed by atoms with Crippen LogP contribution in [0.15, 0.2) is 60.7 Å². The number of fused-ring (bicyclic) bond motifs is 1. The smallest absolute Gasteiger partial charge is 0.320 e. The van der Waals surface area contributed by atoms with Gasteiger partial charge >= 0.3 is 6.03 Å². The van der Waals surface area contributed by atoms with Crippen LogP contribution in [-0.2, 0) is 13.2 Å². The lowest BCUT2D eigenvalue weighted by Crippen LogP contribution is -2.28. The van der Waals surface area contributed by atoms with E-state index >= 15 is 0 Å². The minimum absolute atomic E-state index is 0.173. The second-order valence-corrected chi connectivity index (χ2v) is 6.70. The summed E-state index contributed by atoms with van der Waals surface area (Å²) < 4.78 is 46.0. The van der Waals surface area contributed by atoms with Crippen molar-refractivity contribution < 1.29 is 22.7 Å². The summed E-state index contributed by atoms with van der Waals surface area (Å²) in [4.78, 5) is 12.2. The molecule has 0 radical (unpaired) electrons. The molecule has 158 valence electrons. The third-order valence-electron chi connectivity index (χ3n) is 4.58. The molecule has 0 bridgehead atoms. The first kappa shape index (κ1) is 20.3. The predicted octanol–water partition coefficient (Wildman–Crippen LogP) is 4.88. The summed E-state index contributed by atoms with van der Waals surface area (Å²) in [5, 5.41) is 12.7. The molecular weight excluding hydrogens is 409 g/mol. The number of nitrogens with one attached hydrogen (secondary N) is 3. The molecule has 6 nitrogen and oxygen atoms in total. The SMILES string of the molecule is O=C(NCc1ccc(F)cc1)Nc1n[nH]c2ccc(OCc3c(F)cccc3F)cc12. The molecule has 1 aromatic heterocycles. The van der Waals surface area contributed by atoms with Crippen molar-refractivity contribution in [2.75, 3.05) is 5.32 Å². The van der Waals surface area contributed by atoms with E-state index in [1.807, 2.05) is 0 Å². The van der Waals surface area contributed by atoms with Crippen LogP contribution in [0.2, 0.25) is 0 Å². The number of amides is 2. The maximum Gasteiger partial charge on any atom is 0.320 e. The van der Waals surface area contributed by atoms with Gasteiger partial charge in [-0.25, -0.2) is 18.0 Å². The molecule has 0 fully saturated rings. The Bertz CT molecular complexity index is 1210. The van der Waals surface area contributed by atoms with Gasteiger partial charge < -0.3 is 10.1 Å². The molecule has 0 saturated carbocycles. The summed E-state index contributed by atoms with van der Waals surface area (Å²) in [6.45, 7) is -0.0835. The van der Waals surface area contributed by atoms with Gasteiger partial charge in [-0.3, -0.25) is 10.4 Å². The first-order valence-corrected chi connectivity index (χ1v) is 9.33. The monoisotopic (exact) mass is 426 g/mol. The standard InChI is InChI=1S/C22H17F3N4O2/c23-14-6-4-13(5-7-14)11-26-22(30)27-21-16-10-15(8-9-20(16)28-29-21)31-12-17-18(24)2-1-3-19(17)25/h1-10H,11-12H2,(H3,26,27,28,29,30). The molecule has 0 aliphatic heterocycles. The van der Waals surface area contributed by atoms with Gasteiger partial charge in [0.1, 0.15) is 29.8 Å². The van der Waals surface area contributed by atoms with Crippen LogP contribution in [0.25, 0.3) is 10.9 Å². The lowest BCUT2D eigenvalue weighted by molar-refractivity contribution is 0.251. The number of ether oxygens (including phenoxy) is 1. The van der Waals surface area contributed by atoms with Gasteiger partial charge in [-0.15, -0.1) is 0 Å². The number of nitrogens with zero attached hydrogens (tertiary/aromatic N) is 1. The zero-order chi connectivity index (χ0) is 21.8. The molecule has 0 unspecified atom stereocenters. The number of carbonyl (C=O) groups is 1. The third kappa shape index (κ3) is 4.77. The fourth-order valence-corrected chi connectivity index (χ4v) is 2.94. The summed E-state index contributed by atoms with van der Waals surface area (Å²) in [5.74, 6) is -1.12. The van der Waals surface area contributed by atoms with Gasteiger partial charge in [0.15, 0.2) is 5.82 Å². The highest BCUT2D eigenvalue weighted by molar-refractivity contribution is 5.99. The number of hydrogen-bond donors (Lipinski definition) is 3. The molecule has 0 atom stereocenters. The number of hydrogen-bond acceptors (Lipinski definition) is 3. The van der Waals surface area contributed by atoms with Gasteiger partial charge in [0.25, 0.3) is 0 Å². The van der Waals surface area contributed by atoms with Crippen molar-refractivity contribution in [3.05, 3.63) is 89.2 Å². The van der Waals surface area contributed by atoms with Crippen LogP contribution in [0.4, 0.5) is 23.8 Å². The predicted molar refractivity (Wildman–Crippen MR) is 109 cm³/mol. The normalized spacial score (nSPS) is 10.8. The number of aromatic amines is 1. The minimum Gasteiger partial charge on any atom is -0.489 e. The number of anilines is 1. The molecule has 0 saturated heterocycles. The van der Waals surface area contributed by atoms with Crippen LogP contribution < -0.4 is 15.4 Å². The van der Waals surface area contributed by atoms with Crippen molar-refractivity contribution in [1.82, 2.24) is 15.5 Å². The topological polar surface area (TPSA) is 79.0 Å². The number of benzene rings is 3. The molecule has 0 spiro atoms. The first-order chi connectivity index (χ1) is 15.0. The van der Waals surface area contributed by atoms with E-state index in [1.165, 1.54) is 18.2 Å². The molecule has 31 heavy (non-hydrogen) atoms. The van der Waals surface area contributed by atoms with Crippen LogP contribution in [0.1, 0.15) is 11.1 Å². The highest BCUT2D eigenvalue weighted by Crippen LogP contribution is 2.26. The highest BCUT2D eigenvalue weighted by atomic mass is 19.1. The van der Waals surface area contributed by atoms with E-state index in [9.17, 15) is 18.0 Å². The van der Waals surface area contributed by atoms with E-state index in [-0.39, 0.29) is 30.4 Å². The fourth-order valence-electron chi connectivity index (χ4n) is 2.94. The number of aromatic nitrogens is 2. The molecule has 3 aromatic carbocycles. The maximum atomic E-state index is 13.8. The van der Waals surface area contributed by atoms with Gasteiger partial charge in [-0.05, 0) is 48.0 Å². The van der Waals surface area contributed by atoms with Crippen molar-refractivity contribution in [2.45, 2.75) is 13.2 Å². The zero-order valence-corrected chi connectivity index (χ0v) is 16.1. The van der Waals surface area contributed by atoms with Crippen molar-refractivity contribution >= 4 is 22.8 Å². The van der Waals surface area contributed by atoms with E-state index in [0.29, 0.717) is 16.7 Å². The summed E-state index contributed by atoms with van der Waals surface area (Å²) >= 11 is 0. The van der Waals surface area contributed by atoms with Crippen molar-refractivity contribution in [3.8, 4) is 5.75 Å². The average molecular weight is 426 g/mol. The number of rotatable bonds is 6. The Balaban J connectivity index is 1.43. The molecule has 1 heterocycles. The molecule has 3 N–H and O–H groups in total. The molecule has 2 amide bonds. The summed E-state index contributed by atoms with van der Waals surface area (Å²) in [5.41, 5.74) is 1.20. The van der Waals surface area contributed by atoms with Crippen LogP contribution in [0.5, 0.6) is 5.75 Å². The van der Waals surface area contributed by atoms with E-state index in [1.54, 1.807) is 30.3 Å². The number of halogens is 3. The van der Waals surface area contributed by atoms with Gasteiger partial charge in [-0.1, -0.05) is 18.2 Å². The highest BCUT2D eigenvalue weighted by Gasteiger charge is 2.12. The van der Waals surface area contributed by atoms with E-state index in [4.69, 9.17) is 4.74 Å². The van der Waals surface area contributed by atoms with Gasteiger partial charge in [0.05, 0.1) is 11.1 Å². The quantitative estimate of drug-likeness (QED) is 0.411. The van der Waals surface area contributed by atoms with Gasteiger partial charge in [0.2, 0.25) is 0 Å². The van der Waals surface area contributed by atoms with Crippen LogP contribution in [-0.4, -0.2) is 16.2 Å². The molecule has 0 aliphatic rings. The van der Waals surface area contributed by atoms with Crippen molar-refractivity contribution in [3.63, 3.8) is 0 Å². The van der Waals surface area contributed by atoms with Crippen molar-refractivity contribution in [2.24, 2.45) is 0 Å².